The van der Waals surface area contributed by atoms with Crippen molar-refractivity contribution in [1.82, 2.24) is 16.0 Å². The fourth-order valence-corrected chi connectivity index (χ4v) is 3.10. The molecular weight excluding hydrogens is 476 g/mol. The summed E-state index contributed by atoms with van der Waals surface area (Å²) >= 11 is 0. The van der Waals surface area contributed by atoms with Gasteiger partial charge in [-0.15, -0.1) is 0 Å². The molecule has 36 heavy (non-hydrogen) atoms. The molecule has 4 amide bonds. The van der Waals surface area contributed by atoms with Gasteiger partial charge in [-0.05, 0) is 38.5 Å². The summed E-state index contributed by atoms with van der Waals surface area (Å²) < 4.78 is 0. The second kappa shape index (κ2) is 16.3. The number of hydrogen-bond donors (Lipinski definition) is 9. The molecule has 0 aromatic heterocycles. The molecule has 0 aliphatic carbocycles. The number of carbonyl (C=O) groups excluding carboxylic acids is 4. The molecule has 5 atom stereocenters. The Bertz CT molecular complexity index is 799. The highest BCUT2D eigenvalue weighted by Gasteiger charge is 2.33. The summed E-state index contributed by atoms with van der Waals surface area (Å²) in [7, 11) is 0. The van der Waals surface area contributed by atoms with Crippen molar-refractivity contribution in [1.29, 1.82) is 0 Å². The van der Waals surface area contributed by atoms with Gasteiger partial charge >= 0.3 is 5.97 Å². The fourth-order valence-electron chi connectivity index (χ4n) is 3.10. The summed E-state index contributed by atoms with van der Waals surface area (Å²) in [4.78, 5) is 64.3. The van der Waals surface area contributed by atoms with Crippen molar-refractivity contribution in [2.24, 2.45) is 33.8 Å². The molecule has 0 spiro atoms. The van der Waals surface area contributed by atoms with Crippen LogP contribution in [0.1, 0.15) is 52.9 Å². The number of carboxylic acid groups (broad SMARTS) is 1. The lowest BCUT2D eigenvalue weighted by Gasteiger charge is -2.27. The number of aliphatic hydroxyl groups is 1. The third kappa shape index (κ3) is 13.4. The Labute approximate surface area is 209 Å². The van der Waals surface area contributed by atoms with Gasteiger partial charge in [0.05, 0.1) is 12.1 Å². The number of amides is 4. The molecule has 0 aromatic rings. The lowest BCUT2D eigenvalue weighted by molar-refractivity contribution is -0.143. The van der Waals surface area contributed by atoms with Gasteiger partial charge in [0.2, 0.25) is 23.6 Å². The minimum Gasteiger partial charge on any atom is -0.480 e. The predicted molar refractivity (Wildman–Crippen MR) is 131 cm³/mol. The highest BCUT2D eigenvalue weighted by atomic mass is 16.4. The number of nitrogens with two attached hydrogens (primary N) is 4. The van der Waals surface area contributed by atoms with Gasteiger partial charge in [0.15, 0.2) is 5.96 Å². The number of carboxylic acids is 1. The van der Waals surface area contributed by atoms with E-state index in [9.17, 15) is 34.2 Å². The highest BCUT2D eigenvalue weighted by Crippen LogP contribution is 2.08. The number of nitrogens with one attached hydrogen (secondary N) is 3. The summed E-state index contributed by atoms with van der Waals surface area (Å²) in [5, 5.41) is 26.4. The Morgan fingerprint density at radius 3 is 1.92 bits per heavy atom. The molecule has 15 nitrogen and oxygen atoms in total. The molecule has 0 aromatic carbocycles. The second-order valence-corrected chi connectivity index (χ2v) is 8.88. The molecule has 0 aliphatic heterocycles. The Morgan fingerprint density at radius 1 is 0.861 bits per heavy atom. The number of aliphatic carboxylic acids is 1. The number of hydrogen-bond acceptors (Lipinski definition) is 8. The van der Waals surface area contributed by atoms with Crippen LogP contribution in [0.2, 0.25) is 0 Å². The van der Waals surface area contributed by atoms with Crippen molar-refractivity contribution < 1.29 is 34.2 Å². The third-order valence-corrected chi connectivity index (χ3v) is 5.00. The zero-order valence-corrected chi connectivity index (χ0v) is 20.9. The van der Waals surface area contributed by atoms with Crippen LogP contribution in [-0.2, 0) is 24.0 Å². The quantitative estimate of drug-likeness (QED) is 0.0524. The zero-order valence-electron chi connectivity index (χ0n) is 20.9. The van der Waals surface area contributed by atoms with Crippen molar-refractivity contribution in [3.05, 3.63) is 0 Å². The Hall–Kier alpha value is -3.46. The van der Waals surface area contributed by atoms with Crippen LogP contribution in [0.15, 0.2) is 4.99 Å². The van der Waals surface area contributed by atoms with Crippen LogP contribution in [0.4, 0.5) is 0 Å². The molecule has 0 saturated heterocycles. The molecule has 5 unspecified atom stereocenters. The maximum absolute atomic E-state index is 12.9. The van der Waals surface area contributed by atoms with E-state index in [4.69, 9.17) is 22.9 Å². The van der Waals surface area contributed by atoms with E-state index in [1.54, 1.807) is 0 Å². The topological polar surface area (TPSA) is 278 Å². The third-order valence-electron chi connectivity index (χ3n) is 5.00. The first-order valence-electron chi connectivity index (χ1n) is 11.6. The first kappa shape index (κ1) is 32.5. The zero-order chi connectivity index (χ0) is 28.0. The van der Waals surface area contributed by atoms with E-state index in [0.717, 1.165) is 0 Å². The predicted octanol–water partition coefficient (Wildman–Crippen LogP) is -3.40. The average Bonchev–Trinajstić information content (AvgIpc) is 2.75. The molecular formula is C21H40N8O7. The van der Waals surface area contributed by atoms with Crippen LogP contribution in [0.3, 0.4) is 0 Å². The number of nitrogens with zero attached hydrogens (tertiary/aromatic N) is 1. The van der Waals surface area contributed by atoms with Crippen molar-refractivity contribution in [2.45, 2.75) is 83.1 Å². The largest absolute Gasteiger partial charge is 0.480 e. The Morgan fingerprint density at radius 2 is 1.44 bits per heavy atom. The second-order valence-electron chi connectivity index (χ2n) is 8.88. The minimum absolute atomic E-state index is 0.0387. The number of aliphatic imine (C=N–C) groups is 1. The number of guanidine groups is 1. The molecule has 0 aliphatic rings. The highest BCUT2D eigenvalue weighted by molar-refractivity contribution is 5.94. The van der Waals surface area contributed by atoms with Crippen LogP contribution < -0.4 is 38.9 Å². The molecule has 0 saturated carbocycles. The van der Waals surface area contributed by atoms with Crippen molar-refractivity contribution >= 4 is 35.6 Å². The van der Waals surface area contributed by atoms with Gasteiger partial charge in [-0.2, -0.15) is 0 Å². The Balaban J connectivity index is 5.33. The summed E-state index contributed by atoms with van der Waals surface area (Å²) in [5.74, 6) is -4.65. The van der Waals surface area contributed by atoms with E-state index >= 15 is 0 Å². The van der Waals surface area contributed by atoms with E-state index in [0.29, 0.717) is 6.42 Å². The molecule has 0 radical (unpaired) electrons. The lowest BCUT2D eigenvalue weighted by atomic mass is 10.0. The number of carbonyl (C=O) groups is 5. The van der Waals surface area contributed by atoms with Crippen LogP contribution in [0.5, 0.6) is 0 Å². The van der Waals surface area contributed by atoms with E-state index in [2.05, 4.69) is 20.9 Å². The van der Waals surface area contributed by atoms with Crippen molar-refractivity contribution in [3.63, 3.8) is 0 Å². The normalized spacial score (nSPS) is 15.1. The summed E-state index contributed by atoms with van der Waals surface area (Å²) in [5.41, 5.74) is 21.4. The average molecular weight is 517 g/mol. The molecule has 206 valence electrons. The first-order chi connectivity index (χ1) is 16.6. The maximum Gasteiger partial charge on any atom is 0.326 e. The number of rotatable bonds is 17. The van der Waals surface area contributed by atoms with Crippen LogP contribution in [0, 0.1) is 5.92 Å². The van der Waals surface area contributed by atoms with Gasteiger partial charge in [0, 0.05) is 13.0 Å². The maximum atomic E-state index is 12.9. The van der Waals surface area contributed by atoms with E-state index < -0.39 is 59.9 Å². The van der Waals surface area contributed by atoms with Crippen molar-refractivity contribution in [2.75, 3.05) is 6.54 Å². The van der Waals surface area contributed by atoms with Gasteiger partial charge < -0.3 is 49.1 Å². The van der Waals surface area contributed by atoms with Crippen LogP contribution in [0.25, 0.3) is 0 Å². The first-order valence-corrected chi connectivity index (χ1v) is 11.6. The molecule has 13 N–H and O–H groups in total. The fraction of sp³-hybridized carbons (Fsp3) is 0.714. The minimum atomic E-state index is -1.53. The standard InChI is InChI=1S/C21H40N8O7/c1-10(2)9-14(28-17(32)12(22)5-4-8-26-21(24)25)18(33)29-16(11(3)30)19(34)27-13(20(35)36)6-7-15(23)31/h10-14,16,30H,4-9,22H2,1-3H3,(H2,23,31)(H,27,34)(H,28,32)(H,29,33)(H,35,36)(H4,24,25,26). The molecule has 15 heteroatoms. The monoisotopic (exact) mass is 516 g/mol. The lowest BCUT2D eigenvalue weighted by Crippen LogP contribution is -2.60. The molecule has 0 bridgehead atoms. The molecule has 0 fully saturated rings. The molecule has 0 rings (SSSR count). The van der Waals surface area contributed by atoms with Crippen LogP contribution >= 0.6 is 0 Å². The van der Waals surface area contributed by atoms with E-state index in [1.165, 1.54) is 6.92 Å². The number of aliphatic hydroxyl groups excluding tert-OH is 1. The van der Waals surface area contributed by atoms with Gasteiger partial charge in [0.25, 0.3) is 0 Å². The van der Waals surface area contributed by atoms with Gasteiger partial charge in [-0.1, -0.05) is 13.8 Å². The van der Waals surface area contributed by atoms with Crippen LogP contribution in [-0.4, -0.2) is 82.6 Å². The van der Waals surface area contributed by atoms with Gasteiger partial charge in [0.1, 0.15) is 18.1 Å². The summed E-state index contributed by atoms with van der Waals surface area (Å²) in [6.07, 6.45) is -1.10. The summed E-state index contributed by atoms with van der Waals surface area (Å²) in [6, 6.07) is -5.03. The smallest absolute Gasteiger partial charge is 0.326 e. The SMILES string of the molecule is CC(C)CC(NC(=O)C(N)CCCN=C(N)N)C(=O)NC(C(=O)NC(CCC(N)=O)C(=O)O)C(C)O. The Kier molecular flexibility index (Phi) is 14.7. The summed E-state index contributed by atoms with van der Waals surface area (Å²) in [6.45, 7) is 5.14. The van der Waals surface area contributed by atoms with Gasteiger partial charge in [-0.3, -0.25) is 24.2 Å². The van der Waals surface area contributed by atoms with Gasteiger partial charge in [-0.25, -0.2) is 4.79 Å². The van der Waals surface area contributed by atoms with E-state index in [1.807, 2.05) is 13.8 Å². The number of primary amides is 1. The van der Waals surface area contributed by atoms with E-state index in [-0.39, 0.29) is 44.1 Å². The van der Waals surface area contributed by atoms with Crippen molar-refractivity contribution in [3.8, 4) is 0 Å². The molecule has 0 heterocycles.